The minimum Gasteiger partial charge on any atom is -0.381 e. The van der Waals surface area contributed by atoms with Crippen molar-refractivity contribution in [3.8, 4) is 0 Å². The Bertz CT molecular complexity index is 596. The Kier molecular flexibility index (Phi) is 8.09. The fourth-order valence-corrected chi connectivity index (χ4v) is 4.07. The monoisotopic (exact) mass is 400 g/mol. The van der Waals surface area contributed by atoms with E-state index in [2.05, 4.69) is 27.6 Å². The van der Waals surface area contributed by atoms with E-state index in [1.54, 1.807) is 0 Å². The van der Waals surface area contributed by atoms with Crippen LogP contribution in [0.25, 0.3) is 0 Å². The van der Waals surface area contributed by atoms with Crippen LogP contribution in [0.5, 0.6) is 0 Å². The molecule has 0 aromatic carbocycles. The molecule has 0 spiro atoms. The number of aromatic nitrogens is 1. The van der Waals surface area contributed by atoms with Gasteiger partial charge in [-0.3, -0.25) is 4.79 Å². The fraction of sp³-hybridized carbons (Fsp3) is 0.789. The summed E-state index contributed by atoms with van der Waals surface area (Å²) < 4.78 is 11.1. The Balaban J connectivity index is 0.00000261. The van der Waals surface area contributed by atoms with Crippen molar-refractivity contribution in [3.05, 3.63) is 17.5 Å². The highest BCUT2D eigenvalue weighted by molar-refractivity contribution is 5.85. The number of halogens is 1. The molecule has 3 rings (SSSR count). The van der Waals surface area contributed by atoms with Gasteiger partial charge in [-0.25, -0.2) is 0 Å². The summed E-state index contributed by atoms with van der Waals surface area (Å²) in [6, 6.07) is 2.14. The lowest BCUT2D eigenvalue weighted by molar-refractivity contribution is -0.133. The molecule has 2 aliphatic heterocycles. The Morgan fingerprint density at radius 2 is 2.19 bits per heavy atom. The number of rotatable bonds is 7. The standard InChI is InChI=1S/C19H32N4O3.ClH/c1-14(12-23(2)3)21-18(24)19(5-7-20-8-6-19)11-16-10-17(22-26-16)15-4-9-25-13-15;/h10,14-15,20H,4-9,11-13H2,1-3H3,(H,21,24);1H. The van der Waals surface area contributed by atoms with Gasteiger partial charge in [0.05, 0.1) is 17.7 Å². The summed E-state index contributed by atoms with van der Waals surface area (Å²) in [5.74, 6) is 1.27. The molecule has 3 heterocycles. The van der Waals surface area contributed by atoms with Crippen molar-refractivity contribution in [1.82, 2.24) is 20.7 Å². The summed E-state index contributed by atoms with van der Waals surface area (Å²) in [5, 5.41) is 10.8. The second-order valence-corrected chi connectivity index (χ2v) is 8.12. The van der Waals surface area contributed by atoms with Crippen molar-refractivity contribution >= 4 is 18.3 Å². The van der Waals surface area contributed by atoms with Crippen LogP contribution >= 0.6 is 12.4 Å². The molecule has 2 aliphatic rings. The zero-order valence-electron chi connectivity index (χ0n) is 16.6. The first-order valence-electron chi connectivity index (χ1n) is 9.68. The van der Waals surface area contributed by atoms with Crippen molar-refractivity contribution in [2.24, 2.45) is 5.41 Å². The van der Waals surface area contributed by atoms with Gasteiger partial charge in [0.2, 0.25) is 5.91 Å². The minimum absolute atomic E-state index is 0. The number of hydrogen-bond donors (Lipinski definition) is 2. The molecule has 0 aliphatic carbocycles. The van der Waals surface area contributed by atoms with Gasteiger partial charge in [0, 0.05) is 37.6 Å². The lowest BCUT2D eigenvalue weighted by Crippen LogP contribution is -2.52. The summed E-state index contributed by atoms with van der Waals surface area (Å²) in [6.45, 7) is 6.09. The van der Waals surface area contributed by atoms with Gasteiger partial charge in [-0.15, -0.1) is 12.4 Å². The van der Waals surface area contributed by atoms with Gasteiger partial charge in [-0.1, -0.05) is 5.16 Å². The maximum Gasteiger partial charge on any atom is 0.227 e. The summed E-state index contributed by atoms with van der Waals surface area (Å²) in [7, 11) is 4.04. The summed E-state index contributed by atoms with van der Waals surface area (Å²) in [6.07, 6.45) is 3.23. The van der Waals surface area contributed by atoms with E-state index in [9.17, 15) is 4.79 Å². The molecule has 2 saturated heterocycles. The second-order valence-electron chi connectivity index (χ2n) is 8.12. The molecular formula is C19H33ClN4O3. The molecule has 2 unspecified atom stereocenters. The van der Waals surface area contributed by atoms with Gasteiger partial charge >= 0.3 is 0 Å². The fourth-order valence-electron chi connectivity index (χ4n) is 4.07. The number of hydrogen-bond acceptors (Lipinski definition) is 6. The van der Waals surface area contributed by atoms with Crippen LogP contribution in [0.15, 0.2) is 10.6 Å². The van der Waals surface area contributed by atoms with Crippen molar-refractivity contribution in [2.45, 2.75) is 44.6 Å². The average molecular weight is 401 g/mol. The lowest BCUT2D eigenvalue weighted by Gasteiger charge is -2.36. The Labute approximate surface area is 168 Å². The Morgan fingerprint density at radius 3 is 2.81 bits per heavy atom. The molecule has 27 heavy (non-hydrogen) atoms. The zero-order valence-corrected chi connectivity index (χ0v) is 17.4. The van der Waals surface area contributed by atoms with Crippen LogP contribution in [-0.2, 0) is 16.0 Å². The molecule has 1 aromatic rings. The number of carbonyl (C=O) groups excluding carboxylic acids is 1. The quantitative estimate of drug-likeness (QED) is 0.723. The number of amides is 1. The molecule has 2 N–H and O–H groups in total. The molecule has 1 amide bonds. The second kappa shape index (κ2) is 9.87. The van der Waals surface area contributed by atoms with E-state index in [4.69, 9.17) is 9.26 Å². The Hall–Kier alpha value is -1.15. The highest BCUT2D eigenvalue weighted by atomic mass is 35.5. The van der Waals surface area contributed by atoms with Crippen molar-refractivity contribution in [1.29, 1.82) is 0 Å². The molecule has 8 heteroatoms. The van der Waals surface area contributed by atoms with Crippen LogP contribution in [0, 0.1) is 5.41 Å². The average Bonchev–Trinajstić information content (AvgIpc) is 3.26. The maximum atomic E-state index is 13.1. The van der Waals surface area contributed by atoms with Crippen molar-refractivity contribution < 1.29 is 14.1 Å². The van der Waals surface area contributed by atoms with Crippen LogP contribution in [-0.4, -0.2) is 68.9 Å². The van der Waals surface area contributed by atoms with E-state index in [0.717, 1.165) is 57.0 Å². The maximum absolute atomic E-state index is 13.1. The molecular weight excluding hydrogens is 368 g/mol. The van der Waals surface area contributed by atoms with Gasteiger partial charge < -0.3 is 24.8 Å². The van der Waals surface area contributed by atoms with Crippen molar-refractivity contribution in [2.75, 3.05) is 46.9 Å². The largest absolute Gasteiger partial charge is 0.381 e. The number of nitrogens with zero attached hydrogens (tertiary/aromatic N) is 2. The number of carbonyl (C=O) groups is 1. The SMILES string of the molecule is CC(CN(C)C)NC(=O)C1(Cc2cc(C3CCOC3)no2)CCNCC1.Cl. The predicted molar refractivity (Wildman–Crippen MR) is 106 cm³/mol. The van der Waals surface area contributed by atoms with Gasteiger partial charge in [-0.2, -0.15) is 0 Å². The lowest BCUT2D eigenvalue weighted by atomic mass is 9.74. The summed E-state index contributed by atoms with van der Waals surface area (Å²) in [5.41, 5.74) is 0.539. The molecule has 2 fully saturated rings. The van der Waals surface area contributed by atoms with Crippen molar-refractivity contribution in [3.63, 3.8) is 0 Å². The third-order valence-corrected chi connectivity index (χ3v) is 5.50. The van der Waals surface area contributed by atoms with E-state index < -0.39 is 5.41 Å². The highest BCUT2D eigenvalue weighted by Crippen LogP contribution is 2.35. The van der Waals surface area contributed by atoms with Gasteiger partial charge in [0.15, 0.2) is 0 Å². The topological polar surface area (TPSA) is 79.6 Å². The first-order chi connectivity index (χ1) is 12.5. The van der Waals surface area contributed by atoms with E-state index in [0.29, 0.717) is 18.9 Å². The summed E-state index contributed by atoms with van der Waals surface area (Å²) in [4.78, 5) is 15.2. The van der Waals surface area contributed by atoms with Gasteiger partial charge in [-0.05, 0) is 53.4 Å². The normalized spacial score (nSPS) is 23.0. The van der Waals surface area contributed by atoms with Gasteiger partial charge in [0.1, 0.15) is 5.76 Å². The van der Waals surface area contributed by atoms with Crippen LogP contribution in [0.1, 0.15) is 43.6 Å². The number of nitrogens with one attached hydrogen (secondary N) is 2. The van der Waals surface area contributed by atoms with Crippen LogP contribution < -0.4 is 10.6 Å². The number of piperidine rings is 1. The number of ether oxygens (including phenoxy) is 1. The number of likely N-dealkylation sites (N-methyl/N-ethyl adjacent to an activating group) is 1. The third kappa shape index (κ3) is 5.67. The zero-order chi connectivity index (χ0) is 18.6. The van der Waals surface area contributed by atoms with Gasteiger partial charge in [0.25, 0.3) is 0 Å². The van der Waals surface area contributed by atoms with Crippen LogP contribution in [0.2, 0.25) is 0 Å². The molecule has 7 nitrogen and oxygen atoms in total. The van der Waals surface area contributed by atoms with E-state index in [-0.39, 0.29) is 24.4 Å². The van der Waals surface area contributed by atoms with E-state index in [1.165, 1.54) is 0 Å². The summed E-state index contributed by atoms with van der Waals surface area (Å²) >= 11 is 0. The van der Waals surface area contributed by atoms with E-state index in [1.807, 2.05) is 20.2 Å². The molecule has 2 atom stereocenters. The molecule has 154 valence electrons. The first-order valence-corrected chi connectivity index (χ1v) is 9.68. The molecule has 0 saturated carbocycles. The van der Waals surface area contributed by atoms with Crippen LogP contribution in [0.3, 0.4) is 0 Å². The Morgan fingerprint density at radius 1 is 1.44 bits per heavy atom. The molecule has 0 radical (unpaired) electrons. The van der Waals surface area contributed by atoms with E-state index >= 15 is 0 Å². The predicted octanol–water partition coefficient (Wildman–Crippen LogP) is 1.58. The molecule has 0 bridgehead atoms. The van der Waals surface area contributed by atoms with Crippen LogP contribution in [0.4, 0.5) is 0 Å². The molecule has 1 aromatic heterocycles. The smallest absolute Gasteiger partial charge is 0.227 e. The highest BCUT2D eigenvalue weighted by Gasteiger charge is 2.41. The first kappa shape index (κ1) is 22.1. The minimum atomic E-state index is -0.422. The third-order valence-electron chi connectivity index (χ3n) is 5.50.